The van der Waals surface area contributed by atoms with E-state index in [4.69, 9.17) is 0 Å². The van der Waals surface area contributed by atoms with Crippen LogP contribution in [0.25, 0.3) is 0 Å². The lowest BCUT2D eigenvalue weighted by Crippen LogP contribution is -2.38. The minimum atomic E-state index is 0.288. The molecule has 1 heterocycles. The molecule has 1 unspecified atom stereocenters. The molecule has 1 aromatic carbocycles. The van der Waals surface area contributed by atoms with Crippen LogP contribution in [0.2, 0.25) is 0 Å². The van der Waals surface area contributed by atoms with Crippen molar-refractivity contribution in [2.75, 3.05) is 26.2 Å². The number of hydrogen-bond donors (Lipinski definition) is 2. The van der Waals surface area contributed by atoms with Gasteiger partial charge in [-0.25, -0.2) is 0 Å². The molecule has 1 fully saturated rings. The quantitative estimate of drug-likeness (QED) is 0.856. The molecule has 0 aromatic heterocycles. The molecule has 2 rings (SSSR count). The number of piperidine rings is 1. The molecule has 0 spiro atoms. The fraction of sp³-hybridized carbons (Fsp3) is 0.625. The summed E-state index contributed by atoms with van der Waals surface area (Å²) in [7, 11) is 0. The Bertz CT molecular complexity index is 386. The third-order valence-corrected chi connectivity index (χ3v) is 4.13. The molecule has 1 saturated heterocycles. The summed E-state index contributed by atoms with van der Waals surface area (Å²) in [5, 5.41) is 13.0. The summed E-state index contributed by atoms with van der Waals surface area (Å²) in [5.74, 6) is 1.24. The van der Waals surface area contributed by atoms with Crippen molar-refractivity contribution in [3.8, 4) is 5.75 Å². The van der Waals surface area contributed by atoms with Crippen LogP contribution in [0.15, 0.2) is 24.3 Å². The minimum absolute atomic E-state index is 0.288. The fourth-order valence-electron chi connectivity index (χ4n) is 2.64. The maximum Gasteiger partial charge on any atom is 0.115 e. The van der Waals surface area contributed by atoms with E-state index in [-0.39, 0.29) is 6.04 Å². The number of aromatic hydroxyl groups is 1. The fourth-order valence-corrected chi connectivity index (χ4v) is 2.64. The van der Waals surface area contributed by atoms with Crippen molar-refractivity contribution in [2.24, 2.45) is 5.92 Å². The van der Waals surface area contributed by atoms with E-state index in [2.05, 4.69) is 30.1 Å². The summed E-state index contributed by atoms with van der Waals surface area (Å²) in [4.78, 5) is 2.54. The van der Waals surface area contributed by atoms with Gasteiger partial charge in [-0.1, -0.05) is 19.1 Å². The first-order chi connectivity index (χ1) is 9.15. The second kappa shape index (κ2) is 6.92. The van der Waals surface area contributed by atoms with E-state index in [1.54, 1.807) is 6.07 Å². The molecule has 1 atom stereocenters. The Hall–Kier alpha value is -1.06. The normalized spacial score (nSPS) is 19.5. The second-order valence-corrected chi connectivity index (χ2v) is 5.79. The Morgan fingerprint density at radius 1 is 1.37 bits per heavy atom. The Morgan fingerprint density at radius 3 is 2.79 bits per heavy atom. The van der Waals surface area contributed by atoms with Gasteiger partial charge in [0, 0.05) is 19.1 Å². The zero-order chi connectivity index (χ0) is 13.7. The summed E-state index contributed by atoms with van der Waals surface area (Å²) >= 11 is 0. The monoisotopic (exact) mass is 262 g/mol. The van der Waals surface area contributed by atoms with Crippen LogP contribution >= 0.6 is 0 Å². The Balaban J connectivity index is 1.70. The lowest BCUT2D eigenvalue weighted by molar-refractivity contribution is 0.191. The van der Waals surface area contributed by atoms with Crippen molar-refractivity contribution < 1.29 is 5.11 Å². The molecule has 3 nitrogen and oxygen atoms in total. The Morgan fingerprint density at radius 2 is 2.11 bits per heavy atom. The van der Waals surface area contributed by atoms with Crippen LogP contribution < -0.4 is 5.32 Å². The zero-order valence-electron chi connectivity index (χ0n) is 12.1. The summed E-state index contributed by atoms with van der Waals surface area (Å²) in [5.41, 5.74) is 1.15. The predicted molar refractivity (Wildman–Crippen MR) is 79.4 cm³/mol. The molecule has 1 aromatic rings. The van der Waals surface area contributed by atoms with Gasteiger partial charge in [-0.05, 0) is 56.5 Å². The summed E-state index contributed by atoms with van der Waals surface area (Å²) in [6, 6.07) is 7.79. The molecule has 3 heteroatoms. The number of hydrogen-bond acceptors (Lipinski definition) is 3. The van der Waals surface area contributed by atoms with Crippen LogP contribution in [0, 0.1) is 5.92 Å². The van der Waals surface area contributed by atoms with Gasteiger partial charge in [0.15, 0.2) is 0 Å². The van der Waals surface area contributed by atoms with Gasteiger partial charge in [0.1, 0.15) is 5.75 Å². The second-order valence-electron chi connectivity index (χ2n) is 5.79. The number of phenolic OH excluding ortho intramolecular Hbond substituents is 1. The maximum absolute atomic E-state index is 9.48. The third kappa shape index (κ3) is 4.51. The number of phenols is 1. The Labute approximate surface area is 116 Å². The molecule has 1 aliphatic rings. The van der Waals surface area contributed by atoms with Crippen LogP contribution in [-0.2, 0) is 0 Å². The van der Waals surface area contributed by atoms with Gasteiger partial charge in [-0.3, -0.25) is 0 Å². The first-order valence-electron chi connectivity index (χ1n) is 7.40. The number of benzene rings is 1. The topological polar surface area (TPSA) is 35.5 Å². The molecule has 2 N–H and O–H groups in total. The van der Waals surface area contributed by atoms with Gasteiger partial charge in [-0.2, -0.15) is 0 Å². The van der Waals surface area contributed by atoms with Gasteiger partial charge in [0.2, 0.25) is 0 Å². The molecular weight excluding hydrogens is 236 g/mol. The van der Waals surface area contributed by atoms with Crippen molar-refractivity contribution in [3.63, 3.8) is 0 Å². The molecule has 0 saturated carbocycles. The predicted octanol–water partition coefficient (Wildman–Crippen LogP) is 2.77. The first-order valence-corrected chi connectivity index (χ1v) is 7.40. The van der Waals surface area contributed by atoms with E-state index in [0.29, 0.717) is 5.75 Å². The van der Waals surface area contributed by atoms with Gasteiger partial charge in [0.25, 0.3) is 0 Å². The van der Waals surface area contributed by atoms with Gasteiger partial charge < -0.3 is 15.3 Å². The van der Waals surface area contributed by atoms with Crippen molar-refractivity contribution in [1.82, 2.24) is 10.2 Å². The maximum atomic E-state index is 9.48. The van der Waals surface area contributed by atoms with Crippen molar-refractivity contribution in [2.45, 2.75) is 32.7 Å². The van der Waals surface area contributed by atoms with E-state index in [1.807, 2.05) is 12.1 Å². The zero-order valence-corrected chi connectivity index (χ0v) is 12.1. The standard InChI is InChI=1S/C16H26N2O/c1-13-6-9-18(10-7-13)11-8-17-14(2)15-4-3-5-16(19)12-15/h3-5,12-14,17,19H,6-11H2,1-2H3. The van der Waals surface area contributed by atoms with E-state index in [0.717, 1.165) is 24.6 Å². The van der Waals surface area contributed by atoms with Crippen LogP contribution in [0.3, 0.4) is 0 Å². The first kappa shape index (κ1) is 14.4. The van der Waals surface area contributed by atoms with Gasteiger partial charge in [0.05, 0.1) is 0 Å². The molecule has 106 valence electrons. The third-order valence-electron chi connectivity index (χ3n) is 4.13. The number of likely N-dealkylation sites (tertiary alicyclic amines) is 1. The van der Waals surface area contributed by atoms with Crippen LogP contribution in [-0.4, -0.2) is 36.2 Å². The largest absolute Gasteiger partial charge is 0.508 e. The molecule has 0 aliphatic carbocycles. The van der Waals surface area contributed by atoms with Crippen LogP contribution in [0.4, 0.5) is 0 Å². The van der Waals surface area contributed by atoms with Crippen molar-refractivity contribution in [1.29, 1.82) is 0 Å². The summed E-state index contributed by atoms with van der Waals surface area (Å²) in [6.07, 6.45) is 2.67. The lowest BCUT2D eigenvalue weighted by atomic mass is 9.99. The highest BCUT2D eigenvalue weighted by molar-refractivity contribution is 5.28. The summed E-state index contributed by atoms with van der Waals surface area (Å²) in [6.45, 7) is 9.10. The van der Waals surface area contributed by atoms with E-state index in [1.165, 1.54) is 25.9 Å². The smallest absolute Gasteiger partial charge is 0.115 e. The Kier molecular flexibility index (Phi) is 5.23. The van der Waals surface area contributed by atoms with Crippen LogP contribution in [0.1, 0.15) is 38.3 Å². The highest BCUT2D eigenvalue weighted by Gasteiger charge is 2.15. The number of rotatable bonds is 5. The van der Waals surface area contributed by atoms with E-state index < -0.39 is 0 Å². The molecule has 0 radical (unpaired) electrons. The van der Waals surface area contributed by atoms with Crippen LogP contribution in [0.5, 0.6) is 5.75 Å². The average Bonchev–Trinajstić information content (AvgIpc) is 2.41. The van der Waals surface area contributed by atoms with Crippen molar-refractivity contribution >= 4 is 0 Å². The molecule has 19 heavy (non-hydrogen) atoms. The molecule has 1 aliphatic heterocycles. The van der Waals surface area contributed by atoms with E-state index in [9.17, 15) is 5.11 Å². The highest BCUT2D eigenvalue weighted by Crippen LogP contribution is 2.18. The van der Waals surface area contributed by atoms with Gasteiger partial charge >= 0.3 is 0 Å². The van der Waals surface area contributed by atoms with Gasteiger partial charge in [-0.15, -0.1) is 0 Å². The van der Waals surface area contributed by atoms with E-state index >= 15 is 0 Å². The highest BCUT2D eigenvalue weighted by atomic mass is 16.3. The minimum Gasteiger partial charge on any atom is -0.508 e. The SMILES string of the molecule is CC1CCN(CCNC(C)c2cccc(O)c2)CC1. The number of nitrogens with one attached hydrogen (secondary N) is 1. The van der Waals surface area contributed by atoms with Crippen molar-refractivity contribution in [3.05, 3.63) is 29.8 Å². The summed E-state index contributed by atoms with van der Waals surface area (Å²) < 4.78 is 0. The molecular formula is C16H26N2O. The number of nitrogens with zero attached hydrogens (tertiary/aromatic N) is 1. The average molecular weight is 262 g/mol. The lowest BCUT2D eigenvalue weighted by Gasteiger charge is -2.30. The molecule has 0 amide bonds. The molecule has 0 bridgehead atoms.